The lowest BCUT2D eigenvalue weighted by Gasteiger charge is -2.16. The Morgan fingerprint density at radius 1 is 1.19 bits per heavy atom. The van der Waals surface area contributed by atoms with Crippen molar-refractivity contribution < 1.29 is 22.7 Å². The number of hydrogen-bond acceptors (Lipinski definition) is 7. The fourth-order valence-electron chi connectivity index (χ4n) is 3.33. The molecule has 0 saturated carbocycles. The molecule has 9 nitrogen and oxygen atoms in total. The van der Waals surface area contributed by atoms with E-state index in [0.29, 0.717) is 30.9 Å². The number of benzene rings is 2. The van der Waals surface area contributed by atoms with Crippen LogP contribution in [0.4, 0.5) is 5.69 Å². The van der Waals surface area contributed by atoms with Crippen LogP contribution < -0.4 is 19.5 Å². The molecular formula is C21H24N4O5S. The maximum atomic E-state index is 12.9. The molecule has 1 saturated heterocycles. The highest BCUT2D eigenvalue weighted by Gasteiger charge is 2.29. The van der Waals surface area contributed by atoms with Crippen LogP contribution in [0.1, 0.15) is 12.0 Å². The Balaban J connectivity index is 1.73. The van der Waals surface area contributed by atoms with Crippen LogP contribution in [0.2, 0.25) is 0 Å². The summed E-state index contributed by atoms with van der Waals surface area (Å²) in [5, 5.41) is 11.7. The quantitative estimate of drug-likeness (QED) is 0.595. The Bertz CT molecular complexity index is 1080. The number of hydrogen-bond donors (Lipinski definition) is 2. The predicted molar refractivity (Wildman–Crippen MR) is 114 cm³/mol. The zero-order chi connectivity index (χ0) is 22.4. The van der Waals surface area contributed by atoms with Gasteiger partial charge < -0.3 is 19.7 Å². The van der Waals surface area contributed by atoms with E-state index in [2.05, 4.69) is 10.0 Å². The zero-order valence-electron chi connectivity index (χ0n) is 17.3. The summed E-state index contributed by atoms with van der Waals surface area (Å²) in [6.45, 7) is 0.818. The van der Waals surface area contributed by atoms with Crippen LogP contribution in [0, 0.1) is 11.5 Å². The molecule has 2 N–H and O–H groups in total. The molecule has 1 heterocycles. The van der Waals surface area contributed by atoms with Crippen molar-refractivity contribution in [1.82, 2.24) is 9.62 Å². The van der Waals surface area contributed by atoms with Gasteiger partial charge in [-0.25, -0.2) is 13.1 Å². The number of anilines is 1. The van der Waals surface area contributed by atoms with Gasteiger partial charge in [-0.15, -0.1) is 0 Å². The standard InChI is InChI=1S/C21H24N4O5S/c1-29-18-6-3-15(4-7-18)11-21(26)23-16-5-8-19(30-2)20(12-16)31(27,28)24-17-9-10-25(13-17)14-22/h3-8,12,17,24H,9-11,13H2,1-2H3,(H,23,26)/t17-/m1/s1. The number of carbonyl (C=O) groups is 1. The molecule has 10 heteroatoms. The third kappa shape index (κ3) is 5.65. The zero-order valence-corrected chi connectivity index (χ0v) is 18.1. The average molecular weight is 445 g/mol. The molecule has 1 amide bonds. The monoisotopic (exact) mass is 444 g/mol. The van der Waals surface area contributed by atoms with E-state index in [1.54, 1.807) is 37.4 Å². The van der Waals surface area contributed by atoms with E-state index in [1.165, 1.54) is 24.1 Å². The maximum absolute atomic E-state index is 12.9. The number of nitrogens with one attached hydrogen (secondary N) is 2. The number of ether oxygens (including phenoxy) is 2. The summed E-state index contributed by atoms with van der Waals surface area (Å²) < 4.78 is 38.8. The molecule has 31 heavy (non-hydrogen) atoms. The second kappa shape index (κ2) is 9.68. The van der Waals surface area contributed by atoms with Gasteiger partial charge in [0.15, 0.2) is 6.19 Å². The Labute approximate surface area is 181 Å². The van der Waals surface area contributed by atoms with Crippen LogP contribution in [0.3, 0.4) is 0 Å². The normalized spacial score (nSPS) is 15.9. The number of rotatable bonds is 8. The van der Waals surface area contributed by atoms with Crippen molar-refractivity contribution in [3.8, 4) is 17.7 Å². The summed E-state index contributed by atoms with van der Waals surface area (Å²) >= 11 is 0. The molecule has 3 rings (SSSR count). The van der Waals surface area contributed by atoms with E-state index in [4.69, 9.17) is 14.7 Å². The van der Waals surface area contributed by atoms with Gasteiger partial charge in [0.1, 0.15) is 16.4 Å². The number of nitriles is 1. The molecule has 1 fully saturated rings. The van der Waals surface area contributed by atoms with Crippen molar-refractivity contribution >= 4 is 21.6 Å². The first kappa shape index (κ1) is 22.4. The maximum Gasteiger partial charge on any atom is 0.244 e. The molecule has 0 bridgehead atoms. The minimum absolute atomic E-state index is 0.0762. The van der Waals surface area contributed by atoms with Gasteiger partial charge in [0.05, 0.1) is 20.6 Å². The first-order valence-corrected chi connectivity index (χ1v) is 11.1. The van der Waals surface area contributed by atoms with E-state index in [9.17, 15) is 13.2 Å². The molecule has 1 aliphatic heterocycles. The molecule has 0 spiro atoms. The van der Waals surface area contributed by atoms with Crippen LogP contribution in [0.15, 0.2) is 47.4 Å². The van der Waals surface area contributed by atoms with Gasteiger partial charge in [-0.2, -0.15) is 5.26 Å². The highest BCUT2D eigenvalue weighted by molar-refractivity contribution is 7.89. The van der Waals surface area contributed by atoms with Crippen molar-refractivity contribution in [2.75, 3.05) is 32.6 Å². The summed E-state index contributed by atoms with van der Waals surface area (Å²) in [6, 6.07) is 11.2. The lowest BCUT2D eigenvalue weighted by Crippen LogP contribution is -2.36. The lowest BCUT2D eigenvalue weighted by molar-refractivity contribution is -0.115. The molecule has 2 aromatic carbocycles. The van der Waals surface area contributed by atoms with Gasteiger partial charge in [0, 0.05) is 24.8 Å². The summed E-state index contributed by atoms with van der Waals surface area (Å²) in [5.74, 6) is 0.574. The Kier molecular flexibility index (Phi) is 6.99. The van der Waals surface area contributed by atoms with Crippen molar-refractivity contribution in [2.45, 2.75) is 23.8 Å². The van der Waals surface area contributed by atoms with E-state index < -0.39 is 10.0 Å². The van der Waals surface area contributed by atoms with E-state index in [1.807, 2.05) is 6.19 Å². The molecule has 0 unspecified atom stereocenters. The Hall–Kier alpha value is -3.29. The highest BCUT2D eigenvalue weighted by Crippen LogP contribution is 2.28. The summed E-state index contributed by atoms with van der Waals surface area (Å²) in [7, 11) is -0.973. The number of carbonyl (C=O) groups excluding carboxylic acids is 1. The molecular weight excluding hydrogens is 420 g/mol. The minimum Gasteiger partial charge on any atom is -0.497 e. The van der Waals surface area contributed by atoms with Crippen LogP contribution >= 0.6 is 0 Å². The van der Waals surface area contributed by atoms with E-state index in [0.717, 1.165) is 5.56 Å². The first-order chi connectivity index (χ1) is 14.8. The van der Waals surface area contributed by atoms with Gasteiger partial charge in [0.25, 0.3) is 0 Å². The summed E-state index contributed by atoms with van der Waals surface area (Å²) in [4.78, 5) is 13.8. The van der Waals surface area contributed by atoms with Crippen molar-refractivity contribution in [3.05, 3.63) is 48.0 Å². The second-order valence-corrected chi connectivity index (χ2v) is 8.77. The van der Waals surface area contributed by atoms with Crippen LogP contribution in [0.25, 0.3) is 0 Å². The summed E-state index contributed by atoms with van der Waals surface area (Å²) in [6.07, 6.45) is 2.68. The number of methoxy groups -OCH3 is 2. The molecule has 0 aromatic heterocycles. The van der Waals surface area contributed by atoms with Gasteiger partial charge in [-0.3, -0.25) is 4.79 Å². The Morgan fingerprint density at radius 3 is 2.55 bits per heavy atom. The number of amides is 1. The fraction of sp³-hybridized carbons (Fsp3) is 0.333. The average Bonchev–Trinajstić information content (AvgIpc) is 3.21. The van der Waals surface area contributed by atoms with E-state index >= 15 is 0 Å². The molecule has 0 radical (unpaired) electrons. The number of nitrogens with zero attached hydrogens (tertiary/aromatic N) is 2. The third-order valence-electron chi connectivity index (χ3n) is 4.91. The highest BCUT2D eigenvalue weighted by atomic mass is 32.2. The second-order valence-electron chi connectivity index (χ2n) is 7.09. The van der Waals surface area contributed by atoms with Gasteiger partial charge in [-0.05, 0) is 42.3 Å². The lowest BCUT2D eigenvalue weighted by atomic mass is 10.1. The van der Waals surface area contributed by atoms with Crippen LogP contribution in [0.5, 0.6) is 11.5 Å². The van der Waals surface area contributed by atoms with Crippen molar-refractivity contribution in [3.63, 3.8) is 0 Å². The summed E-state index contributed by atoms with van der Waals surface area (Å²) in [5.41, 5.74) is 1.13. The number of sulfonamides is 1. The molecule has 0 aliphatic carbocycles. The van der Waals surface area contributed by atoms with Crippen molar-refractivity contribution in [2.24, 2.45) is 0 Å². The fourth-order valence-corrected chi connectivity index (χ4v) is 4.79. The molecule has 1 aliphatic rings. The van der Waals surface area contributed by atoms with Gasteiger partial charge in [-0.1, -0.05) is 12.1 Å². The Morgan fingerprint density at radius 2 is 1.94 bits per heavy atom. The smallest absolute Gasteiger partial charge is 0.244 e. The van der Waals surface area contributed by atoms with Gasteiger partial charge in [0.2, 0.25) is 15.9 Å². The van der Waals surface area contributed by atoms with Crippen molar-refractivity contribution in [1.29, 1.82) is 5.26 Å². The third-order valence-corrected chi connectivity index (χ3v) is 6.45. The number of likely N-dealkylation sites (tertiary alicyclic amines) is 1. The first-order valence-electron chi connectivity index (χ1n) is 9.62. The minimum atomic E-state index is -3.92. The predicted octanol–water partition coefficient (Wildman–Crippen LogP) is 1.72. The van der Waals surface area contributed by atoms with Crippen LogP contribution in [-0.4, -0.2) is 52.6 Å². The van der Waals surface area contributed by atoms with Crippen LogP contribution in [-0.2, 0) is 21.2 Å². The SMILES string of the molecule is COc1ccc(CC(=O)Nc2ccc(OC)c(S(=O)(=O)N[C@@H]3CCN(C#N)C3)c2)cc1. The molecule has 1 atom stereocenters. The largest absolute Gasteiger partial charge is 0.497 e. The van der Waals surface area contributed by atoms with E-state index in [-0.39, 0.29) is 29.0 Å². The topological polar surface area (TPSA) is 121 Å². The molecule has 164 valence electrons. The molecule has 2 aromatic rings. The van der Waals surface area contributed by atoms with Gasteiger partial charge >= 0.3 is 0 Å².